The van der Waals surface area contributed by atoms with Gasteiger partial charge in [-0.1, -0.05) is 56.5 Å². The van der Waals surface area contributed by atoms with Crippen LogP contribution < -0.4 is 0 Å². The maximum absolute atomic E-state index is 2.40. The molecule has 1 aromatic rings. The molecular weight excluding hydrogens is 347 g/mol. The van der Waals surface area contributed by atoms with Crippen LogP contribution in [0.25, 0.3) is 0 Å². The lowest BCUT2D eigenvalue weighted by atomic mass is 9.94. The van der Waals surface area contributed by atoms with E-state index in [1.165, 1.54) is 35.7 Å². The third kappa shape index (κ3) is 4.37. The molecule has 0 bridgehead atoms. The van der Waals surface area contributed by atoms with Crippen LogP contribution in [0.5, 0.6) is 0 Å². The van der Waals surface area contributed by atoms with Crippen molar-refractivity contribution in [1.82, 2.24) is 0 Å². The first kappa shape index (κ1) is 14.6. The number of unbranched alkanes of at least 4 members (excludes halogenated alkanes) is 2. The van der Waals surface area contributed by atoms with Gasteiger partial charge in [0.25, 0.3) is 0 Å². The lowest BCUT2D eigenvalue weighted by Gasteiger charge is -2.28. The Morgan fingerprint density at radius 2 is 1.78 bits per heavy atom. The second-order valence-corrected chi connectivity index (χ2v) is 10.5. The Bertz CT molecular complexity index is 339. The molecule has 0 N–H and O–H groups in total. The molecule has 0 nitrogen and oxygen atoms in total. The Morgan fingerprint density at radius 1 is 1.11 bits per heavy atom. The molecule has 1 aliphatic rings. The minimum atomic E-state index is -0.331. The van der Waals surface area contributed by atoms with E-state index in [1.54, 1.807) is 23.7 Å². The number of rotatable bonds is 5. The molecule has 0 aromatic heterocycles. The average molecular weight is 372 g/mol. The highest BCUT2D eigenvalue weighted by atomic mass is 127. The van der Waals surface area contributed by atoms with Gasteiger partial charge in [0.1, 0.15) is 0 Å². The van der Waals surface area contributed by atoms with Gasteiger partial charge in [0, 0.05) is 12.4 Å². The Kier molecular flexibility index (Phi) is 6.22. The molecule has 18 heavy (non-hydrogen) atoms. The van der Waals surface area contributed by atoms with Crippen molar-refractivity contribution in [3.63, 3.8) is 0 Å². The molecule has 0 aliphatic carbocycles. The topological polar surface area (TPSA) is 0 Å². The third-order valence-corrected chi connectivity index (χ3v) is 8.65. The molecule has 2 rings (SSSR count). The summed E-state index contributed by atoms with van der Waals surface area (Å²) in [5.41, 5.74) is 1.59. The molecule has 0 atom stereocenters. The van der Waals surface area contributed by atoms with E-state index < -0.39 is 0 Å². The first-order chi connectivity index (χ1) is 8.79. The summed E-state index contributed by atoms with van der Waals surface area (Å²) in [4.78, 5) is 0. The van der Waals surface area contributed by atoms with E-state index in [4.69, 9.17) is 0 Å². The van der Waals surface area contributed by atoms with Crippen molar-refractivity contribution >= 4 is 31.4 Å². The summed E-state index contributed by atoms with van der Waals surface area (Å²) >= 11 is 2.40. The van der Waals surface area contributed by atoms with E-state index in [9.17, 15) is 0 Å². The molecule has 1 heterocycles. The highest BCUT2D eigenvalue weighted by Gasteiger charge is 2.22. The van der Waals surface area contributed by atoms with Gasteiger partial charge in [-0.05, 0) is 59.0 Å². The van der Waals surface area contributed by atoms with Gasteiger partial charge in [-0.15, -0.1) is 0 Å². The average Bonchev–Trinajstić information content (AvgIpc) is 2.41. The fourth-order valence-corrected chi connectivity index (χ4v) is 7.04. The first-order valence-electron chi connectivity index (χ1n) is 7.55. The van der Waals surface area contributed by atoms with E-state index in [2.05, 4.69) is 53.8 Å². The van der Waals surface area contributed by atoms with Crippen LogP contribution >= 0.6 is 22.6 Å². The quantitative estimate of drug-likeness (QED) is 0.359. The summed E-state index contributed by atoms with van der Waals surface area (Å²) in [7, 11) is -0.331. The maximum atomic E-state index is 2.40. The van der Waals surface area contributed by atoms with Crippen LogP contribution in [-0.4, -0.2) is 8.80 Å². The zero-order valence-electron chi connectivity index (χ0n) is 11.5. The Morgan fingerprint density at radius 3 is 2.39 bits per heavy atom. The van der Waals surface area contributed by atoms with Crippen LogP contribution in [0.1, 0.15) is 50.5 Å². The van der Waals surface area contributed by atoms with Crippen LogP contribution in [0.15, 0.2) is 24.3 Å². The van der Waals surface area contributed by atoms with Crippen LogP contribution in [0, 0.1) is 3.57 Å². The fraction of sp³-hybridized carbons (Fsp3) is 0.625. The van der Waals surface area contributed by atoms with Gasteiger partial charge in [0.05, 0.1) is 0 Å². The lowest BCUT2D eigenvalue weighted by molar-refractivity contribution is 0.603. The molecule has 1 aliphatic heterocycles. The maximum Gasteiger partial charge on any atom is 0.0368 e. The third-order valence-electron chi connectivity index (χ3n) is 4.40. The van der Waals surface area contributed by atoms with Gasteiger partial charge in [-0.2, -0.15) is 0 Å². The number of benzene rings is 1. The summed E-state index contributed by atoms with van der Waals surface area (Å²) in [6, 6.07) is 14.0. The summed E-state index contributed by atoms with van der Waals surface area (Å²) in [6.45, 7) is 2.31. The van der Waals surface area contributed by atoms with Gasteiger partial charge in [-0.25, -0.2) is 0 Å². The molecular formula is C16H25ISi. The molecule has 0 spiro atoms. The Balaban J connectivity index is 1.77. The Hall–Kier alpha value is 0.167. The minimum absolute atomic E-state index is 0.331. The molecule has 0 unspecified atom stereocenters. The predicted octanol–water partition coefficient (Wildman–Crippen LogP) is 5.59. The fourth-order valence-electron chi connectivity index (χ4n) is 3.20. The molecule has 2 heteroatoms. The van der Waals surface area contributed by atoms with Gasteiger partial charge < -0.3 is 0 Å². The molecule has 100 valence electrons. The predicted molar refractivity (Wildman–Crippen MR) is 92.2 cm³/mol. The van der Waals surface area contributed by atoms with E-state index >= 15 is 0 Å². The van der Waals surface area contributed by atoms with Crippen molar-refractivity contribution in [2.45, 2.75) is 63.1 Å². The zero-order valence-corrected chi connectivity index (χ0v) is 14.8. The second-order valence-electron chi connectivity index (χ2n) is 5.76. The van der Waals surface area contributed by atoms with E-state index in [0.29, 0.717) is 0 Å². The smallest absolute Gasteiger partial charge is 0.0368 e. The van der Waals surface area contributed by atoms with Gasteiger partial charge in [0.2, 0.25) is 0 Å². The zero-order chi connectivity index (χ0) is 12.8. The van der Waals surface area contributed by atoms with Crippen molar-refractivity contribution in [1.29, 1.82) is 0 Å². The number of hydrogen-bond acceptors (Lipinski definition) is 0. The van der Waals surface area contributed by atoms with Crippen LogP contribution in [0.2, 0.25) is 18.1 Å². The molecule has 0 saturated carbocycles. The van der Waals surface area contributed by atoms with Crippen molar-refractivity contribution in [2.24, 2.45) is 0 Å². The lowest BCUT2D eigenvalue weighted by Crippen LogP contribution is -2.20. The van der Waals surface area contributed by atoms with E-state index in [1.807, 2.05) is 0 Å². The van der Waals surface area contributed by atoms with Crippen molar-refractivity contribution in [2.75, 3.05) is 0 Å². The minimum Gasteiger partial charge on any atom is -0.0654 e. The van der Waals surface area contributed by atoms with E-state index in [0.717, 1.165) is 5.92 Å². The summed E-state index contributed by atoms with van der Waals surface area (Å²) < 4.78 is 1.36. The first-order valence-corrected chi connectivity index (χ1v) is 11.1. The van der Waals surface area contributed by atoms with Crippen molar-refractivity contribution < 1.29 is 0 Å². The van der Waals surface area contributed by atoms with Crippen LogP contribution in [-0.2, 0) is 0 Å². The molecule has 1 aromatic carbocycles. The molecule has 0 amide bonds. The largest absolute Gasteiger partial charge is 0.0654 e. The highest BCUT2D eigenvalue weighted by Crippen LogP contribution is 2.35. The Labute approximate surface area is 127 Å². The summed E-state index contributed by atoms with van der Waals surface area (Å²) in [5.74, 6) is 0.872. The van der Waals surface area contributed by atoms with Crippen molar-refractivity contribution in [3.8, 4) is 0 Å². The molecule has 0 radical (unpaired) electrons. The van der Waals surface area contributed by atoms with Crippen molar-refractivity contribution in [3.05, 3.63) is 33.4 Å². The molecule has 1 saturated heterocycles. The van der Waals surface area contributed by atoms with Crippen LogP contribution in [0.3, 0.4) is 0 Å². The van der Waals surface area contributed by atoms with E-state index in [-0.39, 0.29) is 8.80 Å². The summed E-state index contributed by atoms with van der Waals surface area (Å²) in [5, 5.41) is 0. The van der Waals surface area contributed by atoms with Gasteiger partial charge in [-0.3, -0.25) is 0 Å². The second kappa shape index (κ2) is 7.68. The monoisotopic (exact) mass is 372 g/mol. The highest BCUT2D eigenvalue weighted by molar-refractivity contribution is 14.1. The summed E-state index contributed by atoms with van der Waals surface area (Å²) in [6.07, 6.45) is 7.31. The van der Waals surface area contributed by atoms with Crippen LogP contribution in [0.4, 0.5) is 0 Å². The molecule has 1 fully saturated rings. The normalized spacial score (nSPS) is 24.1. The number of halogens is 1. The SMILES string of the molecule is CCCCC[Si@H]1CC[C@H](c2ccc(I)cc2)CC1. The standard InChI is InChI=1S/C16H25ISi/c1-2-3-4-11-18-12-9-15(10-13-18)14-5-7-16(17)8-6-14/h5-8,15,18H,2-4,9-13H2,1H3/t15-,18-. The number of hydrogen-bond donors (Lipinski definition) is 0. The van der Waals surface area contributed by atoms with Gasteiger partial charge >= 0.3 is 0 Å². The van der Waals surface area contributed by atoms with Gasteiger partial charge in [0.15, 0.2) is 0 Å².